The number of rotatable bonds is 4. The first-order valence-electron chi connectivity index (χ1n) is 6.96. The van der Waals surface area contributed by atoms with Crippen LogP contribution in [0.4, 0.5) is 5.69 Å². The number of carbonyl (C=O) groups excluding carboxylic acids is 1. The second-order valence-corrected chi connectivity index (χ2v) is 5.44. The summed E-state index contributed by atoms with van der Waals surface area (Å²) in [5, 5.41) is 2.89. The highest BCUT2D eigenvalue weighted by molar-refractivity contribution is 5.97. The maximum atomic E-state index is 12.5. The molecule has 0 unspecified atom stereocenters. The van der Waals surface area contributed by atoms with E-state index < -0.39 is 5.60 Å². The van der Waals surface area contributed by atoms with Crippen LogP contribution >= 0.6 is 0 Å². The fraction of sp³-hybridized carbons (Fsp3) is 0.600. The lowest BCUT2D eigenvalue weighted by molar-refractivity contribution is -0.143. The number of anilines is 1. The van der Waals surface area contributed by atoms with Crippen LogP contribution in [0.25, 0.3) is 0 Å². The number of pyridine rings is 1. The van der Waals surface area contributed by atoms with Gasteiger partial charge in [0.05, 0.1) is 19.0 Å². The monoisotopic (exact) mass is 278 g/mol. The first kappa shape index (κ1) is 14.8. The average Bonchev–Trinajstić information content (AvgIpc) is 2.47. The van der Waals surface area contributed by atoms with Gasteiger partial charge >= 0.3 is 0 Å². The van der Waals surface area contributed by atoms with Crippen molar-refractivity contribution in [3.8, 4) is 5.88 Å². The zero-order chi connectivity index (χ0) is 14.6. The molecule has 0 spiro atoms. The predicted molar refractivity (Wildman–Crippen MR) is 76.8 cm³/mol. The average molecular weight is 278 g/mol. The van der Waals surface area contributed by atoms with Gasteiger partial charge in [0, 0.05) is 13.2 Å². The molecule has 1 amide bonds. The summed E-state index contributed by atoms with van der Waals surface area (Å²) < 4.78 is 10.6. The van der Waals surface area contributed by atoms with Crippen LogP contribution in [-0.4, -0.2) is 30.7 Å². The van der Waals surface area contributed by atoms with Gasteiger partial charge in [-0.3, -0.25) is 4.79 Å². The van der Waals surface area contributed by atoms with Crippen LogP contribution in [0.2, 0.25) is 0 Å². The van der Waals surface area contributed by atoms with Crippen molar-refractivity contribution in [1.82, 2.24) is 4.98 Å². The number of hydrogen-bond acceptors (Lipinski definition) is 4. The zero-order valence-corrected chi connectivity index (χ0v) is 12.3. The molecule has 20 heavy (non-hydrogen) atoms. The summed E-state index contributed by atoms with van der Waals surface area (Å²) in [7, 11) is 3.17. The molecule has 5 heteroatoms. The molecule has 110 valence electrons. The normalized spacial score (nSPS) is 26.1. The Labute approximate surface area is 119 Å². The van der Waals surface area contributed by atoms with Gasteiger partial charge in [-0.05, 0) is 31.2 Å². The van der Waals surface area contributed by atoms with Gasteiger partial charge in [0.15, 0.2) is 0 Å². The molecular weight excluding hydrogens is 256 g/mol. The van der Waals surface area contributed by atoms with Gasteiger partial charge < -0.3 is 14.8 Å². The molecule has 0 saturated heterocycles. The Bertz CT molecular complexity index is 461. The van der Waals surface area contributed by atoms with E-state index in [1.165, 1.54) is 0 Å². The topological polar surface area (TPSA) is 60.5 Å². The summed E-state index contributed by atoms with van der Waals surface area (Å²) in [5.74, 6) is 0.942. The number of amides is 1. The van der Waals surface area contributed by atoms with Crippen LogP contribution < -0.4 is 10.1 Å². The lowest BCUT2D eigenvalue weighted by Gasteiger charge is -2.37. The van der Waals surface area contributed by atoms with E-state index in [0.29, 0.717) is 17.5 Å². The molecule has 2 atom stereocenters. The molecule has 0 bridgehead atoms. The molecule has 1 saturated carbocycles. The molecule has 1 aromatic heterocycles. The van der Waals surface area contributed by atoms with Gasteiger partial charge in [-0.1, -0.05) is 13.3 Å². The van der Waals surface area contributed by atoms with E-state index in [0.717, 1.165) is 25.7 Å². The molecule has 0 radical (unpaired) electrons. The Morgan fingerprint density at radius 1 is 1.45 bits per heavy atom. The van der Waals surface area contributed by atoms with Crippen LogP contribution in [-0.2, 0) is 9.53 Å². The summed E-state index contributed by atoms with van der Waals surface area (Å²) in [6.07, 6.45) is 5.29. The first-order chi connectivity index (χ1) is 9.59. The number of nitrogens with zero attached hydrogens (tertiary/aromatic N) is 1. The smallest absolute Gasteiger partial charge is 0.256 e. The minimum absolute atomic E-state index is 0.0847. The molecule has 0 aliphatic heterocycles. The SMILES string of the molecule is COc1ccc(NC(=O)[C@]2(OC)CCC[C@H](C)C2)cn1. The third-order valence-corrected chi connectivity index (χ3v) is 3.96. The van der Waals surface area contributed by atoms with Crippen molar-refractivity contribution in [3.05, 3.63) is 18.3 Å². The van der Waals surface area contributed by atoms with E-state index in [-0.39, 0.29) is 5.91 Å². The van der Waals surface area contributed by atoms with Gasteiger partial charge in [0.1, 0.15) is 5.60 Å². The van der Waals surface area contributed by atoms with E-state index in [1.54, 1.807) is 32.5 Å². The molecule has 1 N–H and O–H groups in total. The summed E-state index contributed by atoms with van der Waals surface area (Å²) in [6.45, 7) is 2.16. The third-order valence-electron chi connectivity index (χ3n) is 3.96. The van der Waals surface area contributed by atoms with Crippen molar-refractivity contribution in [1.29, 1.82) is 0 Å². The Morgan fingerprint density at radius 3 is 2.80 bits per heavy atom. The molecule has 1 fully saturated rings. The van der Waals surface area contributed by atoms with Crippen molar-refractivity contribution in [3.63, 3.8) is 0 Å². The van der Waals surface area contributed by atoms with Gasteiger partial charge in [-0.2, -0.15) is 0 Å². The predicted octanol–water partition coefficient (Wildman–Crippen LogP) is 2.62. The Hall–Kier alpha value is -1.62. The summed E-state index contributed by atoms with van der Waals surface area (Å²) in [5.41, 5.74) is -0.0529. The Morgan fingerprint density at radius 2 is 2.25 bits per heavy atom. The number of aromatic nitrogens is 1. The number of hydrogen-bond donors (Lipinski definition) is 1. The number of methoxy groups -OCH3 is 2. The number of nitrogens with one attached hydrogen (secondary N) is 1. The molecule has 1 heterocycles. The Kier molecular flexibility index (Phi) is 4.60. The minimum Gasteiger partial charge on any atom is -0.481 e. The van der Waals surface area contributed by atoms with Crippen LogP contribution in [0.5, 0.6) is 5.88 Å². The highest BCUT2D eigenvalue weighted by Crippen LogP contribution is 2.35. The highest BCUT2D eigenvalue weighted by atomic mass is 16.5. The lowest BCUT2D eigenvalue weighted by Crippen LogP contribution is -2.47. The molecule has 1 aliphatic carbocycles. The quantitative estimate of drug-likeness (QED) is 0.919. The number of carbonyl (C=O) groups is 1. The third kappa shape index (κ3) is 3.10. The standard InChI is InChI=1S/C15H22N2O3/c1-11-5-4-8-15(9-11,20-3)14(18)17-12-6-7-13(19-2)16-10-12/h6-7,10-11H,4-5,8-9H2,1-3H3,(H,17,18)/t11-,15-/m0/s1. The van der Waals surface area contributed by atoms with Crippen molar-refractivity contribution in [2.75, 3.05) is 19.5 Å². The van der Waals surface area contributed by atoms with Crippen molar-refractivity contribution in [2.45, 2.75) is 38.2 Å². The second-order valence-electron chi connectivity index (χ2n) is 5.44. The maximum absolute atomic E-state index is 12.5. The van der Waals surface area contributed by atoms with E-state index in [2.05, 4.69) is 17.2 Å². The second kappa shape index (κ2) is 6.22. The molecule has 0 aromatic carbocycles. The fourth-order valence-electron chi connectivity index (χ4n) is 2.81. The minimum atomic E-state index is -0.711. The van der Waals surface area contributed by atoms with Crippen LogP contribution in [0, 0.1) is 5.92 Å². The number of ether oxygens (including phenoxy) is 2. The van der Waals surface area contributed by atoms with E-state index in [4.69, 9.17) is 9.47 Å². The van der Waals surface area contributed by atoms with Crippen molar-refractivity contribution < 1.29 is 14.3 Å². The van der Waals surface area contributed by atoms with Gasteiger partial charge in [0.25, 0.3) is 5.91 Å². The molecule has 1 aromatic rings. The summed E-state index contributed by atoms with van der Waals surface area (Å²) in [4.78, 5) is 16.6. The van der Waals surface area contributed by atoms with Crippen LogP contribution in [0.1, 0.15) is 32.6 Å². The van der Waals surface area contributed by atoms with Crippen LogP contribution in [0.15, 0.2) is 18.3 Å². The molecular formula is C15H22N2O3. The van der Waals surface area contributed by atoms with E-state index >= 15 is 0 Å². The summed E-state index contributed by atoms with van der Waals surface area (Å²) in [6, 6.07) is 3.50. The van der Waals surface area contributed by atoms with Gasteiger partial charge in [-0.25, -0.2) is 4.98 Å². The highest BCUT2D eigenvalue weighted by Gasteiger charge is 2.41. The van der Waals surface area contributed by atoms with Crippen LogP contribution in [0.3, 0.4) is 0 Å². The van der Waals surface area contributed by atoms with E-state index in [1.807, 2.05) is 0 Å². The summed E-state index contributed by atoms with van der Waals surface area (Å²) >= 11 is 0. The Balaban J connectivity index is 2.08. The lowest BCUT2D eigenvalue weighted by atomic mass is 9.78. The fourth-order valence-corrected chi connectivity index (χ4v) is 2.81. The molecule has 1 aliphatic rings. The van der Waals surface area contributed by atoms with Crippen molar-refractivity contribution >= 4 is 11.6 Å². The van der Waals surface area contributed by atoms with Crippen molar-refractivity contribution in [2.24, 2.45) is 5.92 Å². The molecule has 2 rings (SSSR count). The van der Waals surface area contributed by atoms with E-state index in [9.17, 15) is 4.79 Å². The maximum Gasteiger partial charge on any atom is 0.256 e. The first-order valence-corrected chi connectivity index (χ1v) is 6.96. The zero-order valence-electron chi connectivity index (χ0n) is 12.3. The largest absolute Gasteiger partial charge is 0.481 e. The van der Waals surface area contributed by atoms with Gasteiger partial charge in [-0.15, -0.1) is 0 Å². The molecule has 5 nitrogen and oxygen atoms in total. The van der Waals surface area contributed by atoms with Gasteiger partial charge in [0.2, 0.25) is 5.88 Å².